The quantitative estimate of drug-likeness (QED) is 0.776. The Morgan fingerprint density at radius 1 is 0.870 bits per heavy atom. The van der Waals surface area contributed by atoms with Crippen LogP contribution in [0.25, 0.3) is 22.5 Å². The van der Waals surface area contributed by atoms with Gasteiger partial charge >= 0.3 is 0 Å². The first kappa shape index (κ1) is 13.8. The largest absolute Gasteiger partial charge is 0.454 e. The van der Waals surface area contributed by atoms with Gasteiger partial charge in [0, 0.05) is 16.1 Å². The lowest BCUT2D eigenvalue weighted by atomic mass is 10.1. The van der Waals surface area contributed by atoms with E-state index in [2.05, 4.69) is 9.97 Å². The fourth-order valence-electron chi connectivity index (χ4n) is 2.47. The van der Waals surface area contributed by atoms with Crippen LogP contribution in [0.15, 0.2) is 48.5 Å². The first-order valence-electron chi connectivity index (χ1n) is 6.99. The van der Waals surface area contributed by atoms with Gasteiger partial charge in [-0.15, -0.1) is 0 Å². The predicted molar refractivity (Wildman–Crippen MR) is 88.4 cm³/mol. The molecule has 2 aromatic carbocycles. The molecule has 0 amide bonds. The summed E-state index contributed by atoms with van der Waals surface area (Å²) in [4.78, 5) is 8.61. The van der Waals surface area contributed by atoms with Crippen molar-refractivity contribution in [3.05, 3.63) is 53.6 Å². The smallest absolute Gasteiger partial charge is 0.231 e. The second kappa shape index (κ2) is 5.44. The summed E-state index contributed by atoms with van der Waals surface area (Å²) in [7, 11) is 0. The molecule has 0 spiro atoms. The van der Waals surface area contributed by atoms with Crippen molar-refractivity contribution in [2.75, 3.05) is 12.5 Å². The van der Waals surface area contributed by atoms with Crippen LogP contribution in [0.2, 0.25) is 5.02 Å². The average molecular weight is 326 g/mol. The average Bonchev–Trinajstić information content (AvgIpc) is 3.02. The van der Waals surface area contributed by atoms with Crippen LogP contribution < -0.4 is 15.2 Å². The molecule has 2 N–H and O–H groups in total. The number of nitrogen functional groups attached to an aromatic ring is 1. The van der Waals surface area contributed by atoms with E-state index in [1.54, 1.807) is 0 Å². The van der Waals surface area contributed by atoms with Crippen LogP contribution in [0.4, 0.5) is 5.95 Å². The fourth-order valence-corrected chi connectivity index (χ4v) is 2.66. The van der Waals surface area contributed by atoms with Gasteiger partial charge in [0.15, 0.2) is 11.5 Å². The molecule has 0 saturated carbocycles. The number of hydrogen-bond donors (Lipinski definition) is 1. The first-order chi connectivity index (χ1) is 11.2. The molecule has 0 atom stereocenters. The van der Waals surface area contributed by atoms with Crippen LogP contribution in [0.1, 0.15) is 0 Å². The minimum atomic E-state index is 0.204. The third-order valence-corrected chi connectivity index (χ3v) is 3.77. The molecule has 0 saturated heterocycles. The number of ether oxygens (including phenoxy) is 2. The van der Waals surface area contributed by atoms with Gasteiger partial charge in [0.2, 0.25) is 12.7 Å². The predicted octanol–water partition coefficient (Wildman–Crippen LogP) is 3.77. The van der Waals surface area contributed by atoms with Crippen LogP contribution in [-0.4, -0.2) is 16.8 Å². The number of rotatable bonds is 2. The second-order valence-electron chi connectivity index (χ2n) is 5.08. The summed E-state index contributed by atoms with van der Waals surface area (Å²) in [5.41, 5.74) is 9.07. The van der Waals surface area contributed by atoms with Crippen molar-refractivity contribution in [3.63, 3.8) is 0 Å². The highest BCUT2D eigenvalue weighted by atomic mass is 35.5. The maximum absolute atomic E-state index is 6.05. The zero-order valence-electron chi connectivity index (χ0n) is 12.0. The van der Waals surface area contributed by atoms with Gasteiger partial charge in [-0.2, -0.15) is 0 Å². The maximum atomic E-state index is 6.05. The molecule has 3 aromatic rings. The van der Waals surface area contributed by atoms with Crippen molar-refractivity contribution >= 4 is 17.5 Å². The SMILES string of the molecule is Nc1nc(-c2cccc(Cl)c2)cc(-c2ccc3c(c2)OCO3)n1. The lowest BCUT2D eigenvalue weighted by Gasteiger charge is -2.07. The topological polar surface area (TPSA) is 70.3 Å². The molecule has 0 aliphatic carbocycles. The Morgan fingerprint density at radius 2 is 1.61 bits per heavy atom. The molecule has 0 radical (unpaired) electrons. The molecule has 5 nitrogen and oxygen atoms in total. The molecule has 1 aromatic heterocycles. The number of aromatic nitrogens is 2. The number of anilines is 1. The van der Waals surface area contributed by atoms with E-state index in [9.17, 15) is 0 Å². The Hall–Kier alpha value is -2.79. The summed E-state index contributed by atoms with van der Waals surface area (Å²) in [6.07, 6.45) is 0. The van der Waals surface area contributed by atoms with Gasteiger partial charge in [0.25, 0.3) is 0 Å². The first-order valence-corrected chi connectivity index (χ1v) is 7.37. The lowest BCUT2D eigenvalue weighted by molar-refractivity contribution is 0.174. The minimum absolute atomic E-state index is 0.204. The van der Waals surface area contributed by atoms with Crippen molar-refractivity contribution in [1.29, 1.82) is 0 Å². The number of nitrogens with zero attached hydrogens (tertiary/aromatic N) is 2. The van der Waals surface area contributed by atoms with Crippen LogP contribution in [0.3, 0.4) is 0 Å². The Bertz CT molecular complexity index is 899. The molecule has 4 rings (SSSR count). The number of halogens is 1. The molecule has 0 bridgehead atoms. The molecule has 0 unspecified atom stereocenters. The number of nitrogens with two attached hydrogens (primary N) is 1. The summed E-state index contributed by atoms with van der Waals surface area (Å²) in [5.74, 6) is 1.63. The molecule has 1 aliphatic rings. The summed E-state index contributed by atoms with van der Waals surface area (Å²) >= 11 is 6.05. The van der Waals surface area contributed by atoms with Crippen molar-refractivity contribution in [2.45, 2.75) is 0 Å². The highest BCUT2D eigenvalue weighted by Crippen LogP contribution is 2.36. The van der Waals surface area contributed by atoms with Gasteiger partial charge in [-0.3, -0.25) is 0 Å². The molecule has 2 heterocycles. The molecular weight excluding hydrogens is 314 g/mol. The van der Waals surface area contributed by atoms with Gasteiger partial charge in [0.05, 0.1) is 11.4 Å². The van der Waals surface area contributed by atoms with Crippen molar-refractivity contribution < 1.29 is 9.47 Å². The summed E-state index contributed by atoms with van der Waals surface area (Å²) < 4.78 is 10.7. The standard InChI is InChI=1S/C17H12ClN3O2/c18-12-3-1-2-10(6-12)13-8-14(21-17(19)20-13)11-4-5-15-16(7-11)23-9-22-15/h1-8H,9H2,(H2,19,20,21). The Morgan fingerprint density at radius 3 is 2.39 bits per heavy atom. The Kier molecular flexibility index (Phi) is 3.28. The van der Waals surface area contributed by atoms with E-state index >= 15 is 0 Å². The van der Waals surface area contributed by atoms with Gasteiger partial charge in [-0.05, 0) is 36.4 Å². The summed E-state index contributed by atoms with van der Waals surface area (Å²) in [6, 6.07) is 15.0. The van der Waals surface area contributed by atoms with Gasteiger partial charge in [0.1, 0.15) is 0 Å². The Labute approximate surface area is 137 Å². The molecular formula is C17H12ClN3O2. The maximum Gasteiger partial charge on any atom is 0.231 e. The van der Waals surface area contributed by atoms with Gasteiger partial charge in [-0.25, -0.2) is 9.97 Å². The van der Waals surface area contributed by atoms with Crippen molar-refractivity contribution in [1.82, 2.24) is 9.97 Å². The summed E-state index contributed by atoms with van der Waals surface area (Å²) in [6.45, 7) is 0.235. The van der Waals surface area contributed by atoms with E-state index < -0.39 is 0 Å². The molecule has 114 valence electrons. The number of benzene rings is 2. The highest BCUT2D eigenvalue weighted by Gasteiger charge is 2.15. The second-order valence-corrected chi connectivity index (χ2v) is 5.51. The van der Waals surface area contributed by atoms with Crippen molar-refractivity contribution in [3.8, 4) is 34.0 Å². The molecule has 0 fully saturated rings. The number of hydrogen-bond acceptors (Lipinski definition) is 5. The van der Waals surface area contributed by atoms with Crippen LogP contribution in [0.5, 0.6) is 11.5 Å². The normalized spacial score (nSPS) is 12.4. The number of fused-ring (bicyclic) bond motifs is 1. The van der Waals surface area contributed by atoms with Crippen molar-refractivity contribution in [2.24, 2.45) is 0 Å². The van der Waals surface area contributed by atoms with E-state index in [0.29, 0.717) is 22.2 Å². The Balaban J connectivity index is 1.81. The molecule has 23 heavy (non-hydrogen) atoms. The van der Waals surface area contributed by atoms with Gasteiger partial charge < -0.3 is 15.2 Å². The van der Waals surface area contributed by atoms with Crippen LogP contribution >= 0.6 is 11.6 Å². The third kappa shape index (κ3) is 2.66. The monoisotopic (exact) mass is 325 g/mol. The van der Waals surface area contributed by atoms with E-state index in [1.165, 1.54) is 0 Å². The van der Waals surface area contributed by atoms with E-state index in [4.69, 9.17) is 26.8 Å². The van der Waals surface area contributed by atoms with Gasteiger partial charge in [-0.1, -0.05) is 23.7 Å². The zero-order chi connectivity index (χ0) is 15.8. The van der Waals surface area contributed by atoms with Crippen LogP contribution in [-0.2, 0) is 0 Å². The lowest BCUT2D eigenvalue weighted by Crippen LogP contribution is -1.98. The van der Waals surface area contributed by atoms with E-state index in [1.807, 2.05) is 48.5 Å². The molecule has 1 aliphatic heterocycles. The summed E-state index contributed by atoms with van der Waals surface area (Å²) in [5, 5.41) is 0.643. The minimum Gasteiger partial charge on any atom is -0.454 e. The highest BCUT2D eigenvalue weighted by molar-refractivity contribution is 6.30. The third-order valence-electron chi connectivity index (χ3n) is 3.53. The fraction of sp³-hybridized carbons (Fsp3) is 0.0588. The zero-order valence-corrected chi connectivity index (χ0v) is 12.7. The van der Waals surface area contributed by atoms with Crippen LogP contribution in [0, 0.1) is 0 Å². The molecule has 6 heteroatoms. The van der Waals surface area contributed by atoms with E-state index in [0.717, 1.165) is 16.9 Å². The van der Waals surface area contributed by atoms with E-state index in [-0.39, 0.29) is 12.7 Å².